The zero-order valence-corrected chi connectivity index (χ0v) is 17.0. The Morgan fingerprint density at radius 3 is 2.45 bits per heavy atom. The molecule has 162 valence electrons. The van der Waals surface area contributed by atoms with E-state index >= 15 is 0 Å². The fraction of sp³-hybridized carbons (Fsp3) is 0.190. The van der Waals surface area contributed by atoms with Crippen molar-refractivity contribution in [1.82, 2.24) is 15.1 Å². The third-order valence-electron chi connectivity index (χ3n) is 4.39. The highest BCUT2D eigenvalue weighted by Crippen LogP contribution is 2.36. The largest absolute Gasteiger partial charge is 0.418 e. The maximum Gasteiger partial charge on any atom is 0.418 e. The van der Waals surface area contributed by atoms with E-state index in [1.807, 2.05) is 0 Å². The van der Waals surface area contributed by atoms with E-state index in [1.165, 1.54) is 36.1 Å². The second kappa shape index (κ2) is 9.22. The Morgan fingerprint density at radius 2 is 1.87 bits per heavy atom. The van der Waals surface area contributed by atoms with Gasteiger partial charge < -0.3 is 10.6 Å². The van der Waals surface area contributed by atoms with Crippen molar-refractivity contribution in [3.05, 3.63) is 77.1 Å². The lowest BCUT2D eigenvalue weighted by molar-refractivity contribution is -0.137. The Morgan fingerprint density at radius 1 is 1.16 bits per heavy atom. The van der Waals surface area contributed by atoms with Crippen LogP contribution in [0.3, 0.4) is 0 Å². The molecule has 0 aliphatic heterocycles. The first-order valence-electron chi connectivity index (χ1n) is 9.17. The first-order chi connectivity index (χ1) is 14.6. The topological polar surface area (TPSA) is 76.0 Å². The van der Waals surface area contributed by atoms with Gasteiger partial charge in [-0.1, -0.05) is 23.7 Å². The van der Waals surface area contributed by atoms with Crippen molar-refractivity contribution in [3.63, 3.8) is 0 Å². The molecular formula is C21H18ClF3N4O2. The summed E-state index contributed by atoms with van der Waals surface area (Å²) in [5.74, 6) is -1.07. The van der Waals surface area contributed by atoms with E-state index in [0.29, 0.717) is 10.6 Å². The van der Waals surface area contributed by atoms with Gasteiger partial charge in [0.15, 0.2) is 0 Å². The SMILES string of the molecule is CC(=O)NC(CC(=O)Nc1ccc(-n2cccn2)cc1C(F)(F)F)c1ccc(Cl)cc1. The van der Waals surface area contributed by atoms with Gasteiger partial charge in [-0.2, -0.15) is 18.3 Å². The molecule has 1 unspecified atom stereocenters. The Labute approximate surface area is 181 Å². The van der Waals surface area contributed by atoms with E-state index in [4.69, 9.17) is 11.6 Å². The normalized spacial score (nSPS) is 12.3. The van der Waals surface area contributed by atoms with E-state index in [1.54, 1.807) is 30.3 Å². The molecule has 2 amide bonds. The lowest BCUT2D eigenvalue weighted by atomic mass is 10.0. The minimum atomic E-state index is -4.70. The van der Waals surface area contributed by atoms with Crippen molar-refractivity contribution >= 4 is 29.1 Å². The number of aromatic nitrogens is 2. The number of nitrogens with one attached hydrogen (secondary N) is 2. The summed E-state index contributed by atoms with van der Waals surface area (Å²) in [6, 6.07) is 10.8. The molecule has 1 heterocycles. The molecule has 0 fully saturated rings. The predicted octanol–water partition coefficient (Wildman–Crippen LogP) is 4.75. The van der Waals surface area contributed by atoms with Crippen molar-refractivity contribution in [3.8, 4) is 5.69 Å². The number of hydrogen-bond donors (Lipinski definition) is 2. The summed E-state index contributed by atoms with van der Waals surface area (Å²) >= 11 is 5.87. The van der Waals surface area contributed by atoms with E-state index < -0.39 is 23.7 Å². The number of hydrogen-bond acceptors (Lipinski definition) is 3. The van der Waals surface area contributed by atoms with Crippen LogP contribution < -0.4 is 10.6 Å². The predicted molar refractivity (Wildman–Crippen MR) is 110 cm³/mol. The number of carbonyl (C=O) groups excluding carboxylic acids is 2. The number of benzene rings is 2. The second-order valence-electron chi connectivity index (χ2n) is 6.74. The van der Waals surface area contributed by atoms with Crippen molar-refractivity contribution < 1.29 is 22.8 Å². The van der Waals surface area contributed by atoms with Crippen molar-refractivity contribution in [1.29, 1.82) is 0 Å². The van der Waals surface area contributed by atoms with Gasteiger partial charge in [0, 0.05) is 24.3 Å². The van der Waals surface area contributed by atoms with Gasteiger partial charge >= 0.3 is 6.18 Å². The molecule has 0 saturated carbocycles. The number of carbonyl (C=O) groups is 2. The van der Waals surface area contributed by atoms with Gasteiger partial charge in [0.25, 0.3) is 0 Å². The fourth-order valence-electron chi connectivity index (χ4n) is 3.02. The van der Waals surface area contributed by atoms with Gasteiger partial charge in [0.1, 0.15) is 0 Å². The van der Waals surface area contributed by atoms with Gasteiger partial charge in [-0.15, -0.1) is 0 Å². The third kappa shape index (κ3) is 5.85. The Balaban J connectivity index is 1.83. The summed E-state index contributed by atoms with van der Waals surface area (Å²) in [4.78, 5) is 24.1. The summed E-state index contributed by atoms with van der Waals surface area (Å²) < 4.78 is 42.1. The van der Waals surface area contributed by atoms with Gasteiger partial charge in [-0.3, -0.25) is 9.59 Å². The molecule has 2 N–H and O–H groups in total. The molecule has 0 aliphatic rings. The molecule has 0 saturated heterocycles. The zero-order chi connectivity index (χ0) is 22.6. The minimum Gasteiger partial charge on any atom is -0.349 e. The molecule has 0 spiro atoms. The van der Waals surface area contributed by atoms with Crippen LogP contribution in [0.1, 0.15) is 30.5 Å². The average Bonchev–Trinajstić information content (AvgIpc) is 3.22. The molecule has 0 bridgehead atoms. The van der Waals surface area contributed by atoms with Gasteiger partial charge in [-0.25, -0.2) is 4.68 Å². The molecule has 6 nitrogen and oxygen atoms in total. The third-order valence-corrected chi connectivity index (χ3v) is 4.64. The first-order valence-corrected chi connectivity index (χ1v) is 9.55. The standard InChI is InChI=1S/C21H18ClF3N4O2/c1-13(30)27-19(14-3-5-15(22)6-4-14)12-20(31)28-18-8-7-16(29-10-2-9-26-29)11-17(18)21(23,24)25/h2-11,19H,12H2,1H3,(H,27,30)(H,28,31). The Bertz CT molecular complexity index is 1070. The molecule has 0 aliphatic carbocycles. The number of halogens is 4. The smallest absolute Gasteiger partial charge is 0.349 e. The van der Waals surface area contributed by atoms with Crippen LogP contribution in [-0.4, -0.2) is 21.6 Å². The highest BCUT2D eigenvalue weighted by atomic mass is 35.5. The second-order valence-corrected chi connectivity index (χ2v) is 7.17. The van der Waals surface area contributed by atoms with Crippen LogP contribution in [0, 0.1) is 0 Å². The van der Waals surface area contributed by atoms with Crippen LogP contribution >= 0.6 is 11.6 Å². The van der Waals surface area contributed by atoms with E-state index in [9.17, 15) is 22.8 Å². The van der Waals surface area contributed by atoms with E-state index in [0.717, 1.165) is 6.07 Å². The summed E-state index contributed by atoms with van der Waals surface area (Å²) in [6.07, 6.45) is -2.00. The highest BCUT2D eigenvalue weighted by Gasteiger charge is 2.34. The molecule has 1 atom stereocenters. The summed E-state index contributed by atoms with van der Waals surface area (Å²) in [5.41, 5.74) is -0.588. The van der Waals surface area contributed by atoms with E-state index in [-0.39, 0.29) is 23.7 Å². The molecule has 3 aromatic rings. The van der Waals surface area contributed by atoms with Crippen LogP contribution in [0.5, 0.6) is 0 Å². The zero-order valence-electron chi connectivity index (χ0n) is 16.3. The van der Waals surface area contributed by atoms with Crippen LogP contribution in [0.4, 0.5) is 18.9 Å². The molecule has 1 aromatic heterocycles. The van der Waals surface area contributed by atoms with Crippen molar-refractivity contribution in [2.24, 2.45) is 0 Å². The number of anilines is 1. The van der Waals surface area contributed by atoms with Crippen LogP contribution in [-0.2, 0) is 15.8 Å². The van der Waals surface area contributed by atoms with Gasteiger partial charge in [-0.05, 0) is 42.0 Å². The van der Waals surface area contributed by atoms with Gasteiger partial charge in [0.2, 0.25) is 11.8 Å². The minimum absolute atomic E-state index is 0.201. The summed E-state index contributed by atoms with van der Waals surface area (Å²) in [7, 11) is 0. The molecule has 2 aromatic carbocycles. The quantitative estimate of drug-likeness (QED) is 0.569. The summed E-state index contributed by atoms with van der Waals surface area (Å²) in [6.45, 7) is 1.29. The van der Waals surface area contributed by atoms with Gasteiger partial charge in [0.05, 0.1) is 29.4 Å². The number of rotatable bonds is 6. The number of amides is 2. The van der Waals surface area contributed by atoms with Crippen LogP contribution in [0.15, 0.2) is 60.9 Å². The van der Waals surface area contributed by atoms with E-state index in [2.05, 4.69) is 15.7 Å². The lowest BCUT2D eigenvalue weighted by Gasteiger charge is -2.20. The number of nitrogens with zero attached hydrogens (tertiary/aromatic N) is 2. The Kier molecular flexibility index (Phi) is 6.65. The van der Waals surface area contributed by atoms with Crippen LogP contribution in [0.2, 0.25) is 5.02 Å². The summed E-state index contributed by atoms with van der Waals surface area (Å²) in [5, 5.41) is 9.33. The molecule has 10 heteroatoms. The molecular weight excluding hydrogens is 433 g/mol. The maximum atomic E-state index is 13.6. The molecule has 0 radical (unpaired) electrons. The monoisotopic (exact) mass is 450 g/mol. The van der Waals surface area contributed by atoms with Crippen molar-refractivity contribution in [2.75, 3.05) is 5.32 Å². The average molecular weight is 451 g/mol. The highest BCUT2D eigenvalue weighted by molar-refractivity contribution is 6.30. The van der Waals surface area contributed by atoms with Crippen LogP contribution in [0.25, 0.3) is 5.69 Å². The molecule has 3 rings (SSSR count). The van der Waals surface area contributed by atoms with Crippen molar-refractivity contribution in [2.45, 2.75) is 25.6 Å². The fourth-order valence-corrected chi connectivity index (χ4v) is 3.15. The first kappa shape index (κ1) is 22.4. The Hall–Kier alpha value is -3.33. The lowest BCUT2D eigenvalue weighted by Crippen LogP contribution is -2.30. The maximum absolute atomic E-state index is 13.6. The number of alkyl halides is 3. The molecule has 31 heavy (non-hydrogen) atoms.